The Morgan fingerprint density at radius 2 is 2.17 bits per heavy atom. The maximum absolute atomic E-state index is 11.8. The van der Waals surface area contributed by atoms with E-state index in [1.54, 1.807) is 14.2 Å². The van der Waals surface area contributed by atoms with Crippen molar-refractivity contribution in [2.75, 3.05) is 20.7 Å². The van der Waals surface area contributed by atoms with E-state index in [1.807, 2.05) is 12.1 Å². The maximum atomic E-state index is 11.8. The van der Waals surface area contributed by atoms with Crippen LogP contribution in [-0.4, -0.2) is 36.1 Å². The van der Waals surface area contributed by atoms with Crippen molar-refractivity contribution >= 4 is 5.91 Å². The SMILES string of the molecule is CNC(=O)C[C@@H]1CN(Cc2cccc(OC)c2)Cc2cccn2C1. The number of carbonyl (C=O) groups is 1. The Labute approximate surface area is 143 Å². The standard InChI is InChI=1S/C19H25N3O2/c1-20-19(23)10-16-12-21(14-17-6-4-8-22(17)13-16)11-15-5-3-7-18(9-15)24-2/h3-9,16H,10-14H2,1-2H3,(H,20,23)/t16-/m1/s1. The molecule has 1 aliphatic rings. The first-order valence-electron chi connectivity index (χ1n) is 8.38. The third-order valence-corrected chi connectivity index (χ3v) is 4.57. The van der Waals surface area contributed by atoms with Crippen molar-refractivity contribution in [2.45, 2.75) is 26.1 Å². The fraction of sp³-hybridized carbons (Fsp3) is 0.421. The highest BCUT2D eigenvalue weighted by Gasteiger charge is 2.23. The Morgan fingerprint density at radius 1 is 1.29 bits per heavy atom. The summed E-state index contributed by atoms with van der Waals surface area (Å²) in [4.78, 5) is 14.3. The number of methoxy groups -OCH3 is 1. The van der Waals surface area contributed by atoms with Crippen molar-refractivity contribution < 1.29 is 9.53 Å². The molecule has 0 spiro atoms. The van der Waals surface area contributed by atoms with Crippen LogP contribution in [0.3, 0.4) is 0 Å². The molecule has 1 aromatic heterocycles. The summed E-state index contributed by atoms with van der Waals surface area (Å²) in [7, 11) is 3.39. The molecule has 1 amide bonds. The van der Waals surface area contributed by atoms with Crippen LogP contribution in [0.2, 0.25) is 0 Å². The quantitative estimate of drug-likeness (QED) is 0.916. The van der Waals surface area contributed by atoms with E-state index in [2.05, 4.69) is 45.2 Å². The predicted octanol–water partition coefficient (Wildman–Crippen LogP) is 2.26. The Morgan fingerprint density at radius 3 is 2.96 bits per heavy atom. The lowest BCUT2D eigenvalue weighted by molar-refractivity contribution is -0.121. The van der Waals surface area contributed by atoms with Gasteiger partial charge in [0, 0.05) is 51.5 Å². The third-order valence-electron chi connectivity index (χ3n) is 4.57. The number of hydrogen-bond donors (Lipinski definition) is 1. The number of nitrogens with zero attached hydrogens (tertiary/aromatic N) is 2. The van der Waals surface area contributed by atoms with E-state index < -0.39 is 0 Å². The molecule has 0 saturated heterocycles. The van der Waals surface area contributed by atoms with Crippen molar-refractivity contribution in [2.24, 2.45) is 5.92 Å². The highest BCUT2D eigenvalue weighted by atomic mass is 16.5. The molecule has 5 heteroatoms. The number of benzene rings is 1. The van der Waals surface area contributed by atoms with Crippen molar-refractivity contribution in [1.29, 1.82) is 0 Å². The first kappa shape index (κ1) is 16.6. The zero-order chi connectivity index (χ0) is 16.9. The highest BCUT2D eigenvalue weighted by molar-refractivity contribution is 5.75. The molecule has 0 aliphatic carbocycles. The molecule has 0 saturated carbocycles. The fourth-order valence-electron chi connectivity index (χ4n) is 3.41. The van der Waals surface area contributed by atoms with Crippen LogP contribution >= 0.6 is 0 Å². The molecule has 128 valence electrons. The molecule has 1 aliphatic heterocycles. The molecule has 1 N–H and O–H groups in total. The van der Waals surface area contributed by atoms with Crippen molar-refractivity contribution in [3.63, 3.8) is 0 Å². The van der Waals surface area contributed by atoms with Gasteiger partial charge in [-0.3, -0.25) is 9.69 Å². The van der Waals surface area contributed by atoms with Gasteiger partial charge >= 0.3 is 0 Å². The zero-order valence-corrected chi connectivity index (χ0v) is 14.4. The molecule has 3 rings (SSSR count). The van der Waals surface area contributed by atoms with Gasteiger partial charge in [0.2, 0.25) is 5.91 Å². The predicted molar refractivity (Wildman–Crippen MR) is 93.7 cm³/mol. The zero-order valence-electron chi connectivity index (χ0n) is 14.4. The molecular formula is C19H25N3O2. The van der Waals surface area contributed by atoms with Crippen LogP contribution in [-0.2, 0) is 24.4 Å². The normalized spacial score (nSPS) is 17.8. The third kappa shape index (κ3) is 3.97. The molecule has 5 nitrogen and oxygen atoms in total. The molecule has 24 heavy (non-hydrogen) atoms. The van der Waals surface area contributed by atoms with Gasteiger partial charge in [-0.2, -0.15) is 0 Å². The molecule has 1 atom stereocenters. The average molecular weight is 327 g/mol. The van der Waals surface area contributed by atoms with Gasteiger partial charge in [-0.05, 0) is 35.7 Å². The monoisotopic (exact) mass is 327 g/mol. The largest absolute Gasteiger partial charge is 0.497 e. The second-order valence-corrected chi connectivity index (χ2v) is 6.42. The smallest absolute Gasteiger partial charge is 0.220 e. The molecule has 0 unspecified atom stereocenters. The van der Waals surface area contributed by atoms with E-state index in [1.165, 1.54) is 11.3 Å². The highest BCUT2D eigenvalue weighted by Crippen LogP contribution is 2.22. The lowest BCUT2D eigenvalue weighted by Gasteiger charge is -2.24. The van der Waals surface area contributed by atoms with Crippen LogP contribution in [0.25, 0.3) is 0 Å². The van der Waals surface area contributed by atoms with E-state index in [4.69, 9.17) is 4.74 Å². The molecule has 0 radical (unpaired) electrons. The Bertz CT molecular complexity index is 695. The lowest BCUT2D eigenvalue weighted by atomic mass is 10.0. The van der Waals surface area contributed by atoms with Gasteiger partial charge in [0.05, 0.1) is 7.11 Å². The van der Waals surface area contributed by atoms with Gasteiger partial charge < -0.3 is 14.6 Å². The summed E-state index contributed by atoms with van der Waals surface area (Å²) >= 11 is 0. The van der Waals surface area contributed by atoms with Gasteiger partial charge in [0.1, 0.15) is 5.75 Å². The van der Waals surface area contributed by atoms with Crippen LogP contribution in [0.1, 0.15) is 17.7 Å². The molecule has 2 heterocycles. The topological polar surface area (TPSA) is 46.5 Å². The second kappa shape index (κ2) is 7.53. The summed E-state index contributed by atoms with van der Waals surface area (Å²) < 4.78 is 7.60. The van der Waals surface area contributed by atoms with Gasteiger partial charge in [0.25, 0.3) is 0 Å². The number of rotatable bonds is 5. The minimum atomic E-state index is 0.108. The van der Waals surface area contributed by atoms with Crippen LogP contribution in [0, 0.1) is 5.92 Å². The summed E-state index contributed by atoms with van der Waals surface area (Å²) in [5.74, 6) is 1.30. The van der Waals surface area contributed by atoms with Crippen LogP contribution in [0.4, 0.5) is 0 Å². The summed E-state index contributed by atoms with van der Waals surface area (Å²) in [5.41, 5.74) is 2.53. The summed E-state index contributed by atoms with van der Waals surface area (Å²) in [6.07, 6.45) is 2.67. The molecule has 0 bridgehead atoms. The van der Waals surface area contributed by atoms with E-state index in [9.17, 15) is 4.79 Å². The summed E-state index contributed by atoms with van der Waals surface area (Å²) in [5, 5.41) is 2.75. The first-order valence-corrected chi connectivity index (χ1v) is 8.38. The van der Waals surface area contributed by atoms with E-state index in [0.717, 1.165) is 31.9 Å². The minimum absolute atomic E-state index is 0.108. The number of ether oxygens (including phenoxy) is 1. The fourth-order valence-corrected chi connectivity index (χ4v) is 3.41. The second-order valence-electron chi connectivity index (χ2n) is 6.42. The molecule has 0 fully saturated rings. The Kier molecular flexibility index (Phi) is 5.20. The molecule has 1 aromatic carbocycles. The lowest BCUT2D eigenvalue weighted by Crippen LogP contribution is -2.31. The van der Waals surface area contributed by atoms with Gasteiger partial charge in [-0.1, -0.05) is 12.1 Å². The number of carbonyl (C=O) groups excluding carboxylic acids is 1. The average Bonchev–Trinajstić information content (AvgIpc) is 2.94. The van der Waals surface area contributed by atoms with Crippen LogP contribution < -0.4 is 10.1 Å². The Balaban J connectivity index is 1.77. The number of fused-ring (bicyclic) bond motifs is 1. The summed E-state index contributed by atoms with van der Waals surface area (Å²) in [6.45, 7) is 3.55. The van der Waals surface area contributed by atoms with Gasteiger partial charge in [0.15, 0.2) is 0 Å². The van der Waals surface area contributed by atoms with E-state index in [-0.39, 0.29) is 5.91 Å². The van der Waals surface area contributed by atoms with Gasteiger partial charge in [-0.15, -0.1) is 0 Å². The van der Waals surface area contributed by atoms with E-state index >= 15 is 0 Å². The summed E-state index contributed by atoms with van der Waals surface area (Å²) in [6, 6.07) is 12.4. The van der Waals surface area contributed by atoms with E-state index in [0.29, 0.717) is 12.3 Å². The van der Waals surface area contributed by atoms with Crippen molar-refractivity contribution in [3.05, 3.63) is 53.9 Å². The van der Waals surface area contributed by atoms with Crippen LogP contribution in [0.15, 0.2) is 42.6 Å². The number of amides is 1. The molecule has 2 aromatic rings. The maximum Gasteiger partial charge on any atom is 0.220 e. The minimum Gasteiger partial charge on any atom is -0.497 e. The van der Waals surface area contributed by atoms with Crippen molar-refractivity contribution in [3.8, 4) is 5.75 Å². The number of aromatic nitrogens is 1. The first-order chi connectivity index (χ1) is 11.7. The van der Waals surface area contributed by atoms with Gasteiger partial charge in [-0.25, -0.2) is 0 Å². The number of hydrogen-bond acceptors (Lipinski definition) is 3. The number of nitrogens with one attached hydrogen (secondary N) is 1. The molecular weight excluding hydrogens is 302 g/mol. The van der Waals surface area contributed by atoms with Crippen molar-refractivity contribution in [1.82, 2.24) is 14.8 Å². The Hall–Kier alpha value is -2.27. The van der Waals surface area contributed by atoms with Crippen LogP contribution in [0.5, 0.6) is 5.75 Å².